The summed E-state index contributed by atoms with van der Waals surface area (Å²) in [5.41, 5.74) is 2.14. The first-order chi connectivity index (χ1) is 9.63. The predicted molar refractivity (Wildman–Crippen MR) is 78.0 cm³/mol. The van der Waals surface area contributed by atoms with Gasteiger partial charge in [-0.2, -0.15) is 5.10 Å². The second-order valence-electron chi connectivity index (χ2n) is 4.43. The van der Waals surface area contributed by atoms with Gasteiger partial charge in [0.25, 0.3) is 5.91 Å². The molecule has 0 radical (unpaired) electrons. The third-order valence-corrected chi connectivity index (χ3v) is 3.02. The number of anilines is 2. The summed E-state index contributed by atoms with van der Waals surface area (Å²) in [6.45, 7) is 5.27. The molecule has 0 aliphatic carbocycles. The van der Waals surface area contributed by atoms with Crippen molar-refractivity contribution in [3.05, 3.63) is 36.4 Å². The summed E-state index contributed by atoms with van der Waals surface area (Å²) in [7, 11) is 1.85. The van der Waals surface area contributed by atoms with E-state index in [-0.39, 0.29) is 5.91 Å². The van der Waals surface area contributed by atoms with Gasteiger partial charge in [0.15, 0.2) is 0 Å². The van der Waals surface area contributed by atoms with E-state index >= 15 is 0 Å². The first kappa shape index (κ1) is 14.0. The second kappa shape index (κ2) is 6.18. The van der Waals surface area contributed by atoms with Crippen LogP contribution in [0.2, 0.25) is 0 Å². The van der Waals surface area contributed by atoms with Gasteiger partial charge in [0.1, 0.15) is 5.69 Å². The van der Waals surface area contributed by atoms with E-state index in [1.807, 2.05) is 33.2 Å². The Hall–Kier alpha value is -2.37. The Balaban J connectivity index is 2.17. The van der Waals surface area contributed by atoms with Gasteiger partial charge in [0.2, 0.25) is 0 Å². The topological polar surface area (TPSA) is 63.1 Å². The van der Waals surface area contributed by atoms with E-state index in [1.54, 1.807) is 28.0 Å². The van der Waals surface area contributed by atoms with Crippen molar-refractivity contribution in [1.29, 1.82) is 0 Å². The molecule has 6 heteroatoms. The molecule has 0 saturated carbocycles. The van der Waals surface area contributed by atoms with Crippen molar-refractivity contribution >= 4 is 17.3 Å². The largest absolute Gasteiger partial charge is 0.353 e. The lowest BCUT2D eigenvalue weighted by atomic mass is 10.2. The van der Waals surface area contributed by atoms with Crippen LogP contribution in [0.4, 0.5) is 11.4 Å². The Labute approximate surface area is 118 Å². The summed E-state index contributed by atoms with van der Waals surface area (Å²) in [4.78, 5) is 18.1. The molecule has 20 heavy (non-hydrogen) atoms. The van der Waals surface area contributed by atoms with Gasteiger partial charge in [0.05, 0.1) is 11.9 Å². The molecule has 2 aromatic heterocycles. The number of aryl methyl sites for hydroxylation is 1. The van der Waals surface area contributed by atoms with Gasteiger partial charge in [-0.25, -0.2) is 0 Å². The smallest absolute Gasteiger partial charge is 0.272 e. The number of nitrogens with zero attached hydrogens (tertiary/aromatic N) is 4. The van der Waals surface area contributed by atoms with Crippen molar-refractivity contribution in [2.24, 2.45) is 7.05 Å². The highest BCUT2D eigenvalue weighted by Crippen LogP contribution is 2.16. The van der Waals surface area contributed by atoms with Crippen LogP contribution in [-0.2, 0) is 7.05 Å². The van der Waals surface area contributed by atoms with Gasteiger partial charge in [0, 0.05) is 38.2 Å². The summed E-state index contributed by atoms with van der Waals surface area (Å²) < 4.78 is 1.71. The molecule has 0 spiro atoms. The molecule has 0 atom stereocenters. The Morgan fingerprint density at radius 3 is 2.70 bits per heavy atom. The van der Waals surface area contributed by atoms with Crippen LogP contribution in [0.5, 0.6) is 0 Å². The summed E-state index contributed by atoms with van der Waals surface area (Å²) in [5.74, 6) is -0.0511. The Bertz CT molecular complexity index is 589. The van der Waals surface area contributed by atoms with E-state index in [4.69, 9.17) is 0 Å². The van der Waals surface area contributed by atoms with Crippen molar-refractivity contribution in [3.8, 4) is 0 Å². The van der Waals surface area contributed by atoms with Gasteiger partial charge >= 0.3 is 0 Å². The molecule has 0 unspecified atom stereocenters. The molecule has 0 saturated heterocycles. The lowest BCUT2D eigenvalue weighted by molar-refractivity contribution is 0.0767. The van der Waals surface area contributed by atoms with Crippen molar-refractivity contribution in [3.63, 3.8) is 0 Å². The maximum atomic E-state index is 12.2. The maximum Gasteiger partial charge on any atom is 0.272 e. The zero-order valence-corrected chi connectivity index (χ0v) is 12.0. The standard InChI is InChI=1S/C14H19N5O/c1-4-19(5-2)14(20)13-8-11(6-7-15-13)17-12-9-16-18(3)10-12/h6-10H,4-5H2,1-3H3,(H,15,17). The average molecular weight is 273 g/mol. The monoisotopic (exact) mass is 273 g/mol. The van der Waals surface area contributed by atoms with Crippen LogP contribution < -0.4 is 5.32 Å². The molecule has 0 fully saturated rings. The molecular weight excluding hydrogens is 254 g/mol. The number of aromatic nitrogens is 3. The molecule has 2 aromatic rings. The third-order valence-electron chi connectivity index (χ3n) is 3.02. The molecule has 0 bridgehead atoms. The van der Waals surface area contributed by atoms with Crippen LogP contribution in [0.25, 0.3) is 0 Å². The van der Waals surface area contributed by atoms with Crippen LogP contribution in [0, 0.1) is 0 Å². The quantitative estimate of drug-likeness (QED) is 0.905. The van der Waals surface area contributed by atoms with Gasteiger partial charge in [-0.05, 0) is 26.0 Å². The average Bonchev–Trinajstić information content (AvgIpc) is 2.85. The van der Waals surface area contributed by atoms with Crippen molar-refractivity contribution in [2.45, 2.75) is 13.8 Å². The molecule has 1 N–H and O–H groups in total. The van der Waals surface area contributed by atoms with E-state index in [1.165, 1.54) is 0 Å². The summed E-state index contributed by atoms with van der Waals surface area (Å²) >= 11 is 0. The number of carbonyl (C=O) groups is 1. The van der Waals surface area contributed by atoms with Gasteiger partial charge in [-0.3, -0.25) is 14.5 Å². The number of hydrogen-bond donors (Lipinski definition) is 1. The van der Waals surface area contributed by atoms with E-state index < -0.39 is 0 Å². The number of amides is 1. The van der Waals surface area contributed by atoms with Crippen molar-refractivity contribution < 1.29 is 4.79 Å². The minimum absolute atomic E-state index is 0.0511. The van der Waals surface area contributed by atoms with Crippen molar-refractivity contribution in [2.75, 3.05) is 18.4 Å². The second-order valence-corrected chi connectivity index (χ2v) is 4.43. The Morgan fingerprint density at radius 1 is 1.35 bits per heavy atom. The molecule has 1 amide bonds. The first-order valence-corrected chi connectivity index (χ1v) is 6.65. The number of rotatable bonds is 5. The van der Waals surface area contributed by atoms with Crippen LogP contribution in [0.1, 0.15) is 24.3 Å². The normalized spacial score (nSPS) is 10.3. The van der Waals surface area contributed by atoms with E-state index in [2.05, 4.69) is 15.4 Å². The molecule has 0 aliphatic rings. The number of carbonyl (C=O) groups excluding carboxylic acids is 1. The van der Waals surface area contributed by atoms with Gasteiger partial charge in [-0.1, -0.05) is 0 Å². The molecule has 0 aromatic carbocycles. The third kappa shape index (κ3) is 3.14. The minimum Gasteiger partial charge on any atom is -0.353 e. The number of nitrogens with one attached hydrogen (secondary N) is 1. The molecule has 2 rings (SSSR count). The maximum absolute atomic E-state index is 12.2. The number of hydrogen-bond acceptors (Lipinski definition) is 4. The predicted octanol–water partition coefficient (Wildman–Crippen LogP) is 2.04. The van der Waals surface area contributed by atoms with Crippen molar-refractivity contribution in [1.82, 2.24) is 19.7 Å². The SMILES string of the molecule is CCN(CC)C(=O)c1cc(Nc2cnn(C)c2)ccn1. The van der Waals surface area contributed by atoms with Gasteiger partial charge in [-0.15, -0.1) is 0 Å². The Morgan fingerprint density at radius 2 is 2.10 bits per heavy atom. The minimum atomic E-state index is -0.0511. The van der Waals surface area contributed by atoms with E-state index in [9.17, 15) is 4.79 Å². The lowest BCUT2D eigenvalue weighted by Crippen LogP contribution is -2.31. The molecule has 2 heterocycles. The lowest BCUT2D eigenvalue weighted by Gasteiger charge is -2.18. The fourth-order valence-electron chi connectivity index (χ4n) is 1.95. The zero-order valence-electron chi connectivity index (χ0n) is 12.0. The Kier molecular flexibility index (Phi) is 4.34. The highest BCUT2D eigenvalue weighted by molar-refractivity contribution is 5.93. The molecule has 6 nitrogen and oxygen atoms in total. The molecule has 106 valence electrons. The fourth-order valence-corrected chi connectivity index (χ4v) is 1.95. The molecular formula is C14H19N5O. The van der Waals surface area contributed by atoms with E-state index in [0.717, 1.165) is 11.4 Å². The fraction of sp³-hybridized carbons (Fsp3) is 0.357. The van der Waals surface area contributed by atoms with Crippen LogP contribution in [0.3, 0.4) is 0 Å². The molecule has 0 aliphatic heterocycles. The number of pyridine rings is 1. The summed E-state index contributed by atoms with van der Waals surface area (Å²) in [6, 6.07) is 3.58. The van der Waals surface area contributed by atoms with Crippen LogP contribution >= 0.6 is 0 Å². The highest BCUT2D eigenvalue weighted by atomic mass is 16.2. The first-order valence-electron chi connectivity index (χ1n) is 6.65. The summed E-state index contributed by atoms with van der Waals surface area (Å²) in [5, 5.41) is 7.29. The zero-order chi connectivity index (χ0) is 14.5. The summed E-state index contributed by atoms with van der Waals surface area (Å²) in [6.07, 6.45) is 5.23. The van der Waals surface area contributed by atoms with E-state index in [0.29, 0.717) is 18.8 Å². The van der Waals surface area contributed by atoms with Crippen LogP contribution in [0.15, 0.2) is 30.7 Å². The van der Waals surface area contributed by atoms with Gasteiger partial charge < -0.3 is 10.2 Å². The van der Waals surface area contributed by atoms with Crippen LogP contribution in [-0.4, -0.2) is 38.7 Å². The highest BCUT2D eigenvalue weighted by Gasteiger charge is 2.14.